The van der Waals surface area contributed by atoms with Gasteiger partial charge < -0.3 is 23.9 Å². The Bertz CT molecular complexity index is 1010. The van der Waals surface area contributed by atoms with Gasteiger partial charge in [-0.15, -0.1) is 0 Å². The number of methoxy groups -OCH3 is 2. The molecule has 0 radical (unpaired) electrons. The summed E-state index contributed by atoms with van der Waals surface area (Å²) in [6.45, 7) is 2.96. The van der Waals surface area contributed by atoms with Crippen LogP contribution in [0.5, 0.6) is 11.5 Å². The van der Waals surface area contributed by atoms with Gasteiger partial charge in [0.1, 0.15) is 0 Å². The summed E-state index contributed by atoms with van der Waals surface area (Å²) < 4.78 is 22.3. The maximum absolute atomic E-state index is 13.0. The van der Waals surface area contributed by atoms with Crippen molar-refractivity contribution in [3.05, 3.63) is 53.5 Å². The summed E-state index contributed by atoms with van der Waals surface area (Å²) in [4.78, 5) is 17.1. The summed E-state index contributed by atoms with van der Waals surface area (Å²) in [6, 6.07) is 7.57. The first kappa shape index (κ1) is 19.3. The van der Waals surface area contributed by atoms with Gasteiger partial charge >= 0.3 is 0 Å². The summed E-state index contributed by atoms with van der Waals surface area (Å²) in [6.07, 6.45) is 4.37. The average molecular weight is 396 g/mol. The molecule has 7 nitrogen and oxygen atoms in total. The summed E-state index contributed by atoms with van der Waals surface area (Å²) in [5.74, 6) is 1.26. The van der Waals surface area contributed by atoms with E-state index < -0.39 is 0 Å². The number of aryl methyl sites for hydroxylation is 1. The van der Waals surface area contributed by atoms with Crippen LogP contribution in [0.3, 0.4) is 0 Å². The van der Waals surface area contributed by atoms with Crippen molar-refractivity contribution in [2.75, 3.05) is 27.4 Å². The first-order valence-corrected chi connectivity index (χ1v) is 9.54. The first-order chi connectivity index (χ1) is 14.1. The quantitative estimate of drug-likeness (QED) is 0.689. The first-order valence-electron chi connectivity index (χ1n) is 9.54. The molecule has 1 aliphatic rings. The van der Waals surface area contributed by atoms with Crippen molar-refractivity contribution in [2.24, 2.45) is 5.92 Å². The number of ether oxygens (including phenoxy) is 3. The molecule has 1 aromatic carbocycles. The summed E-state index contributed by atoms with van der Waals surface area (Å²) in [7, 11) is 3.12. The Balaban J connectivity index is 1.56. The highest BCUT2D eigenvalue weighted by molar-refractivity contribution is 6.01. The number of aromatic nitrogens is 1. The van der Waals surface area contributed by atoms with Crippen molar-refractivity contribution >= 4 is 16.9 Å². The molecule has 2 atom stereocenters. The fourth-order valence-electron chi connectivity index (χ4n) is 3.83. The zero-order chi connectivity index (χ0) is 20.4. The lowest BCUT2D eigenvalue weighted by atomic mass is 9.95. The molecule has 1 aliphatic heterocycles. The third-order valence-corrected chi connectivity index (χ3v) is 5.42. The van der Waals surface area contributed by atoms with Crippen LogP contribution < -0.4 is 14.8 Å². The lowest BCUT2D eigenvalue weighted by Crippen LogP contribution is -2.40. The molecule has 1 saturated heterocycles. The number of nitrogens with zero attached hydrogens (tertiary/aromatic N) is 1. The van der Waals surface area contributed by atoms with Gasteiger partial charge in [-0.25, -0.2) is 0 Å². The molecule has 0 saturated carbocycles. The Morgan fingerprint density at radius 2 is 1.97 bits per heavy atom. The molecule has 4 rings (SSSR count). The number of hydrogen-bond acceptors (Lipinski definition) is 6. The number of fused-ring (bicyclic) bond motifs is 1. The number of rotatable bonds is 6. The van der Waals surface area contributed by atoms with Crippen LogP contribution in [0.2, 0.25) is 0 Å². The highest BCUT2D eigenvalue weighted by Gasteiger charge is 2.31. The third kappa shape index (κ3) is 3.65. The zero-order valence-corrected chi connectivity index (χ0v) is 16.7. The second-order valence-electron chi connectivity index (χ2n) is 7.17. The molecule has 0 bridgehead atoms. The summed E-state index contributed by atoms with van der Waals surface area (Å²) in [5, 5.41) is 3.91. The van der Waals surface area contributed by atoms with Crippen LogP contribution in [0.1, 0.15) is 21.7 Å². The van der Waals surface area contributed by atoms with Crippen molar-refractivity contribution in [3.8, 4) is 11.5 Å². The van der Waals surface area contributed by atoms with E-state index in [1.54, 1.807) is 32.7 Å². The minimum Gasteiger partial charge on any atom is -0.493 e. The molecule has 0 spiro atoms. The Kier molecular flexibility index (Phi) is 5.40. The number of carbonyl (C=O) groups excluding carboxylic acids is 1. The number of hydrogen-bond donors (Lipinski definition) is 1. The number of amides is 1. The van der Waals surface area contributed by atoms with Gasteiger partial charge in [-0.2, -0.15) is 0 Å². The molecule has 7 heteroatoms. The molecular formula is C22H24N2O5. The van der Waals surface area contributed by atoms with Gasteiger partial charge in [0.2, 0.25) is 5.75 Å². The van der Waals surface area contributed by atoms with Crippen molar-refractivity contribution in [1.29, 1.82) is 0 Å². The van der Waals surface area contributed by atoms with E-state index in [1.807, 2.05) is 25.1 Å². The zero-order valence-electron chi connectivity index (χ0n) is 16.7. The number of pyridine rings is 1. The third-order valence-electron chi connectivity index (χ3n) is 5.42. The standard InChI is InChI=1S/C22H24N2O5/c1-13-16-4-5-18(26-2)21(27-3)20(16)29-19(13)22(25)24-17-12-28-11-15(17)10-14-6-8-23-9-7-14/h4-9,15,17H,10-12H2,1-3H3,(H,24,25)/t15-,17-/m1/s1. The topological polar surface area (TPSA) is 82.8 Å². The molecule has 3 heterocycles. The monoisotopic (exact) mass is 396 g/mol. The summed E-state index contributed by atoms with van der Waals surface area (Å²) >= 11 is 0. The number of furan rings is 1. The number of nitrogens with one attached hydrogen (secondary N) is 1. The second kappa shape index (κ2) is 8.13. The van der Waals surface area contributed by atoms with Gasteiger partial charge in [0.05, 0.1) is 33.5 Å². The fourth-order valence-corrected chi connectivity index (χ4v) is 3.83. The largest absolute Gasteiger partial charge is 0.493 e. The van der Waals surface area contributed by atoms with Crippen LogP contribution in [0.4, 0.5) is 0 Å². The summed E-state index contributed by atoms with van der Waals surface area (Å²) in [5.41, 5.74) is 2.44. The van der Waals surface area contributed by atoms with Crippen molar-refractivity contribution < 1.29 is 23.4 Å². The van der Waals surface area contributed by atoms with Crippen LogP contribution in [0.25, 0.3) is 11.0 Å². The average Bonchev–Trinajstić information content (AvgIpc) is 3.32. The minimum atomic E-state index is -0.255. The Morgan fingerprint density at radius 3 is 2.69 bits per heavy atom. The predicted molar refractivity (Wildman–Crippen MR) is 108 cm³/mol. The Hall–Kier alpha value is -3.06. The molecule has 29 heavy (non-hydrogen) atoms. The molecule has 152 valence electrons. The van der Waals surface area contributed by atoms with E-state index in [4.69, 9.17) is 18.6 Å². The van der Waals surface area contributed by atoms with Crippen LogP contribution >= 0.6 is 0 Å². The van der Waals surface area contributed by atoms with Crippen LogP contribution in [0.15, 0.2) is 41.1 Å². The van der Waals surface area contributed by atoms with Gasteiger partial charge in [-0.3, -0.25) is 9.78 Å². The maximum Gasteiger partial charge on any atom is 0.287 e. The van der Waals surface area contributed by atoms with E-state index in [-0.39, 0.29) is 23.6 Å². The molecule has 1 N–H and O–H groups in total. The molecule has 0 aliphatic carbocycles. The van der Waals surface area contributed by atoms with Crippen LogP contribution in [-0.4, -0.2) is 44.4 Å². The number of carbonyl (C=O) groups is 1. The van der Waals surface area contributed by atoms with Crippen LogP contribution in [-0.2, 0) is 11.2 Å². The van der Waals surface area contributed by atoms with Crippen molar-refractivity contribution in [1.82, 2.24) is 10.3 Å². The minimum absolute atomic E-state index is 0.0836. The SMILES string of the molecule is COc1ccc2c(C)c(C(=O)N[C@@H]3COC[C@H]3Cc3ccncc3)oc2c1OC. The normalized spacial score (nSPS) is 18.7. The van der Waals surface area contributed by atoms with Gasteiger partial charge in [0.15, 0.2) is 17.1 Å². The van der Waals surface area contributed by atoms with Gasteiger partial charge in [0.25, 0.3) is 5.91 Å². The molecule has 1 amide bonds. The highest BCUT2D eigenvalue weighted by Crippen LogP contribution is 2.39. The van der Waals surface area contributed by atoms with Gasteiger partial charge in [0, 0.05) is 29.3 Å². The predicted octanol–water partition coefficient (Wildman–Crippen LogP) is 3.14. The van der Waals surface area contributed by atoms with E-state index in [9.17, 15) is 4.79 Å². The Morgan fingerprint density at radius 1 is 1.17 bits per heavy atom. The van der Waals surface area contributed by atoms with E-state index in [1.165, 1.54) is 5.56 Å². The smallest absolute Gasteiger partial charge is 0.287 e. The van der Waals surface area contributed by atoms with E-state index in [2.05, 4.69) is 10.3 Å². The van der Waals surface area contributed by atoms with Gasteiger partial charge in [-0.05, 0) is 43.2 Å². The van der Waals surface area contributed by atoms with Crippen LogP contribution in [0, 0.1) is 12.8 Å². The lowest BCUT2D eigenvalue weighted by molar-refractivity contribution is 0.0898. The molecule has 2 aromatic heterocycles. The fraction of sp³-hybridized carbons (Fsp3) is 0.364. The van der Waals surface area contributed by atoms with E-state index in [0.717, 1.165) is 17.4 Å². The Labute approximate surface area is 169 Å². The molecule has 0 unspecified atom stereocenters. The second-order valence-corrected chi connectivity index (χ2v) is 7.17. The lowest BCUT2D eigenvalue weighted by Gasteiger charge is -2.18. The highest BCUT2D eigenvalue weighted by atomic mass is 16.5. The maximum atomic E-state index is 13.0. The van der Waals surface area contributed by atoms with Crippen molar-refractivity contribution in [3.63, 3.8) is 0 Å². The van der Waals surface area contributed by atoms with E-state index in [0.29, 0.717) is 30.3 Å². The van der Waals surface area contributed by atoms with Crippen molar-refractivity contribution in [2.45, 2.75) is 19.4 Å². The molecule has 1 fully saturated rings. The molecule has 3 aromatic rings. The number of benzene rings is 1. The van der Waals surface area contributed by atoms with E-state index >= 15 is 0 Å². The molecular weight excluding hydrogens is 372 g/mol. The van der Waals surface area contributed by atoms with Gasteiger partial charge in [-0.1, -0.05) is 0 Å².